The molecule has 1 aromatic carbocycles. The van der Waals surface area contributed by atoms with E-state index < -0.39 is 11.7 Å². The quantitative estimate of drug-likeness (QED) is 0.396. The van der Waals surface area contributed by atoms with Gasteiger partial charge < -0.3 is 30.4 Å². The van der Waals surface area contributed by atoms with Gasteiger partial charge in [-0.2, -0.15) is 0 Å². The topological polar surface area (TPSA) is 121 Å². The van der Waals surface area contributed by atoms with E-state index in [0.29, 0.717) is 5.92 Å². The maximum absolute atomic E-state index is 11.9. The highest BCUT2D eigenvalue weighted by Gasteiger charge is 2.27. The lowest BCUT2D eigenvalue weighted by atomic mass is 9.80. The summed E-state index contributed by atoms with van der Waals surface area (Å²) in [5.41, 5.74) is 2.90. The van der Waals surface area contributed by atoms with Crippen molar-refractivity contribution in [2.24, 2.45) is 5.92 Å². The fourth-order valence-electron chi connectivity index (χ4n) is 3.14. The van der Waals surface area contributed by atoms with Crippen molar-refractivity contribution in [2.45, 2.75) is 79.4 Å². The third kappa shape index (κ3) is 16.0. The molecule has 0 aromatic heterocycles. The molecule has 1 atom stereocenters. The van der Waals surface area contributed by atoms with E-state index in [1.807, 2.05) is 63.8 Å². The molecule has 0 saturated heterocycles. The largest absolute Gasteiger partial charge is 0.397 e. The molecule has 1 aromatic rings. The number of benzene rings is 1. The van der Waals surface area contributed by atoms with Crippen molar-refractivity contribution in [3.8, 4) is 0 Å². The molecule has 0 radical (unpaired) electrons. The first kappa shape index (κ1) is 34.4. The lowest BCUT2D eigenvalue weighted by Gasteiger charge is -2.31. The molecule has 0 bridgehead atoms. The molecule has 2 rings (SSSR count). The smallest absolute Gasteiger partial charge is 0.253 e. The average Bonchev–Trinajstić information content (AvgIpc) is 2.80. The van der Waals surface area contributed by atoms with Crippen LogP contribution in [0.1, 0.15) is 76.7 Å². The fraction of sp³-hybridized carbons (Fsp3) is 0.667. The summed E-state index contributed by atoms with van der Waals surface area (Å²) in [4.78, 5) is 13.7. The van der Waals surface area contributed by atoms with Crippen LogP contribution in [0.3, 0.4) is 0 Å². The molecule has 34 heavy (non-hydrogen) atoms. The minimum absolute atomic E-state index is 0.124. The first-order chi connectivity index (χ1) is 15.9. The number of rotatable bonds is 6. The minimum atomic E-state index is -0.954. The molecule has 7 heteroatoms. The van der Waals surface area contributed by atoms with E-state index in [2.05, 4.69) is 13.0 Å². The summed E-state index contributed by atoms with van der Waals surface area (Å²) in [5.74, 6) is 0.588. The van der Waals surface area contributed by atoms with Gasteiger partial charge in [0.25, 0.3) is 5.91 Å². The minimum Gasteiger partial charge on any atom is -0.397 e. The summed E-state index contributed by atoms with van der Waals surface area (Å²) in [6.45, 7) is 14.7. The number of aryl methyl sites for hydroxylation is 1. The van der Waals surface area contributed by atoms with E-state index in [1.54, 1.807) is 6.92 Å². The number of aliphatic hydroxyl groups excluding tert-OH is 4. The second-order valence-corrected chi connectivity index (χ2v) is 8.86. The molecule has 0 saturated carbocycles. The normalized spacial score (nSPS) is 15.0. The van der Waals surface area contributed by atoms with Gasteiger partial charge in [0.1, 0.15) is 6.10 Å². The van der Waals surface area contributed by atoms with Crippen LogP contribution in [0.2, 0.25) is 0 Å². The summed E-state index contributed by atoms with van der Waals surface area (Å²) in [7, 11) is 0. The molecule has 1 amide bonds. The lowest BCUT2D eigenvalue weighted by Crippen LogP contribution is -2.31. The van der Waals surface area contributed by atoms with E-state index in [-0.39, 0.29) is 25.7 Å². The Balaban J connectivity index is 0. The monoisotopic (exact) mass is 483 g/mol. The molecule has 0 spiro atoms. The van der Waals surface area contributed by atoms with Gasteiger partial charge in [-0.15, -0.1) is 0 Å². The van der Waals surface area contributed by atoms with Crippen LogP contribution in [-0.4, -0.2) is 81.0 Å². The van der Waals surface area contributed by atoms with Crippen molar-refractivity contribution < 1.29 is 30.3 Å². The first-order valence-electron chi connectivity index (χ1n) is 12.2. The Morgan fingerprint density at radius 1 is 1.09 bits per heavy atom. The summed E-state index contributed by atoms with van der Waals surface area (Å²) in [5, 5.41) is 41.3. The predicted molar refractivity (Wildman–Crippen MR) is 139 cm³/mol. The third-order valence-corrected chi connectivity index (χ3v) is 5.37. The fourth-order valence-corrected chi connectivity index (χ4v) is 3.14. The van der Waals surface area contributed by atoms with Gasteiger partial charge >= 0.3 is 0 Å². The third-order valence-electron chi connectivity index (χ3n) is 5.37. The molecule has 1 unspecified atom stereocenters. The first-order valence-corrected chi connectivity index (χ1v) is 12.2. The van der Waals surface area contributed by atoms with Gasteiger partial charge in [0.05, 0.1) is 18.8 Å². The second-order valence-electron chi connectivity index (χ2n) is 8.86. The van der Waals surface area contributed by atoms with E-state index in [4.69, 9.17) is 20.4 Å². The Hall–Kier alpha value is -1.77. The van der Waals surface area contributed by atoms with Crippen molar-refractivity contribution in [3.05, 3.63) is 47.0 Å². The second kappa shape index (κ2) is 19.5. The molecule has 1 aliphatic carbocycles. The Bertz CT molecular complexity index is 676. The summed E-state index contributed by atoms with van der Waals surface area (Å²) in [6.07, 6.45) is 4.66. The molecular weight excluding hydrogens is 434 g/mol. The van der Waals surface area contributed by atoms with Crippen molar-refractivity contribution in [3.63, 3.8) is 0 Å². The van der Waals surface area contributed by atoms with Crippen LogP contribution in [-0.2, 0) is 0 Å². The van der Waals surface area contributed by atoms with Gasteiger partial charge in [-0.1, -0.05) is 29.3 Å². The molecule has 0 fully saturated rings. The Morgan fingerprint density at radius 2 is 1.62 bits per heavy atom. The number of allylic oxidation sites excluding steroid dienone is 2. The summed E-state index contributed by atoms with van der Waals surface area (Å²) >= 11 is 0. The highest BCUT2D eigenvalue weighted by molar-refractivity contribution is 5.94. The summed E-state index contributed by atoms with van der Waals surface area (Å²) in [6, 6.07) is 7.72. The molecule has 0 heterocycles. The molecule has 0 aliphatic heterocycles. The number of hydrogen-bond donors (Lipinski definition) is 5. The van der Waals surface area contributed by atoms with Crippen LogP contribution in [0.4, 0.5) is 0 Å². The van der Waals surface area contributed by atoms with Gasteiger partial charge in [0.2, 0.25) is 0 Å². The maximum atomic E-state index is 11.9. The Kier molecular flexibility index (Phi) is 19.8. The van der Waals surface area contributed by atoms with Crippen molar-refractivity contribution in [1.29, 1.82) is 0 Å². The van der Waals surface area contributed by atoms with Crippen molar-refractivity contribution >= 4 is 5.91 Å². The number of nitrogens with zero attached hydrogens (tertiary/aromatic N) is 1. The average molecular weight is 484 g/mol. The van der Waals surface area contributed by atoms with Crippen molar-refractivity contribution in [1.82, 2.24) is 4.90 Å². The van der Waals surface area contributed by atoms with E-state index in [9.17, 15) is 9.90 Å². The van der Waals surface area contributed by atoms with Gasteiger partial charge in [0, 0.05) is 25.3 Å². The standard InChI is InChI=1S/C12H17NO.C10H18O.C3H8O3.C2H6O/c1-4-13(5-2)12(14)11-8-6-7-10(3)9-11;1-8-4-6-9(7-5-8)10(2,3)11;4-1-3(6)2-5;1-2-3/h6-9H,4-5H2,1-3H3;4,9,11H,5-7H2,1-3H3;3-6H,1-2H2;3H,2H2,1H3. The zero-order valence-corrected chi connectivity index (χ0v) is 22.3. The highest BCUT2D eigenvalue weighted by Crippen LogP contribution is 2.31. The van der Waals surface area contributed by atoms with E-state index in [0.717, 1.165) is 43.5 Å². The van der Waals surface area contributed by atoms with Crippen LogP contribution in [0.15, 0.2) is 35.9 Å². The van der Waals surface area contributed by atoms with Crippen LogP contribution in [0.25, 0.3) is 0 Å². The number of carbonyl (C=O) groups excluding carboxylic acids is 1. The van der Waals surface area contributed by atoms with Crippen LogP contribution >= 0.6 is 0 Å². The van der Waals surface area contributed by atoms with Gasteiger partial charge in [-0.05, 0) is 85.8 Å². The van der Waals surface area contributed by atoms with Gasteiger partial charge in [-0.3, -0.25) is 4.79 Å². The van der Waals surface area contributed by atoms with Crippen molar-refractivity contribution in [2.75, 3.05) is 32.9 Å². The SMILES string of the molecule is CC1=CCC(C(C)(C)O)CC1.CCN(CC)C(=O)c1cccc(C)c1.CCO.OCC(O)CO. The maximum Gasteiger partial charge on any atom is 0.253 e. The molecule has 198 valence electrons. The number of amides is 1. The van der Waals surface area contributed by atoms with Crippen LogP contribution in [0, 0.1) is 12.8 Å². The lowest BCUT2D eigenvalue weighted by molar-refractivity contribution is 0.0126. The van der Waals surface area contributed by atoms with Crippen LogP contribution < -0.4 is 0 Å². The Morgan fingerprint density at radius 3 is 1.94 bits per heavy atom. The highest BCUT2D eigenvalue weighted by atomic mass is 16.3. The van der Waals surface area contributed by atoms with Gasteiger partial charge in [-0.25, -0.2) is 0 Å². The zero-order chi connectivity index (χ0) is 26.7. The van der Waals surface area contributed by atoms with Gasteiger partial charge in [0.15, 0.2) is 0 Å². The van der Waals surface area contributed by atoms with E-state index in [1.165, 1.54) is 5.57 Å². The number of aliphatic hydroxyl groups is 5. The van der Waals surface area contributed by atoms with Crippen LogP contribution in [0.5, 0.6) is 0 Å². The molecule has 1 aliphatic rings. The number of carbonyl (C=O) groups is 1. The predicted octanol–water partition coefficient (Wildman–Crippen LogP) is 3.31. The number of hydrogen-bond acceptors (Lipinski definition) is 6. The molecule has 5 N–H and O–H groups in total. The molecule has 7 nitrogen and oxygen atoms in total. The molecular formula is C27H49NO6. The summed E-state index contributed by atoms with van der Waals surface area (Å²) < 4.78 is 0. The van der Waals surface area contributed by atoms with E-state index >= 15 is 0 Å². The zero-order valence-electron chi connectivity index (χ0n) is 22.3. The Labute approximate surface area is 206 Å².